The highest BCUT2D eigenvalue weighted by molar-refractivity contribution is 8.02. The zero-order valence-electron chi connectivity index (χ0n) is 28.7. The normalized spacial score (nSPS) is 14.4. The minimum absolute atomic E-state index is 0.227. The van der Waals surface area contributed by atoms with E-state index in [0.717, 1.165) is 0 Å². The molecule has 0 spiro atoms. The second-order valence-corrected chi connectivity index (χ2v) is 18.1. The van der Waals surface area contributed by atoms with Crippen LogP contribution in [-0.2, 0) is 0 Å². The Morgan fingerprint density at radius 3 is 0.757 bits per heavy atom. The average molecular weight is 539 g/mol. The van der Waals surface area contributed by atoms with Crippen LogP contribution in [0.1, 0.15) is 200 Å². The van der Waals surface area contributed by atoms with Gasteiger partial charge in [0.25, 0.3) is 0 Å². The van der Waals surface area contributed by atoms with Crippen molar-refractivity contribution >= 4 is 11.8 Å². The van der Waals surface area contributed by atoms with Crippen LogP contribution in [0.2, 0.25) is 0 Å². The van der Waals surface area contributed by atoms with Gasteiger partial charge in [0.05, 0.1) is 0 Å². The standard InChI is InChI=1S/C36H74S/c1-15-17-19-21-23-25-27-29-35(31(3,4)5,32(6,7)8)37-36(33(9,10)11,34(12,13)14)30-28-26-24-22-20-18-16-2/h15-30H2,1-14H3. The van der Waals surface area contributed by atoms with Crippen LogP contribution >= 0.6 is 11.8 Å². The van der Waals surface area contributed by atoms with Gasteiger partial charge in [-0.25, -0.2) is 0 Å². The minimum atomic E-state index is 0.227. The Kier molecular flexibility index (Phi) is 16.1. The van der Waals surface area contributed by atoms with E-state index in [1.165, 1.54) is 103 Å². The summed E-state index contributed by atoms with van der Waals surface area (Å²) < 4.78 is 0.455. The molecule has 0 aromatic rings. The fourth-order valence-corrected chi connectivity index (χ4v) is 9.74. The second-order valence-electron chi connectivity index (χ2n) is 16.5. The van der Waals surface area contributed by atoms with Crippen LogP contribution in [0.3, 0.4) is 0 Å². The van der Waals surface area contributed by atoms with Gasteiger partial charge in [-0.15, -0.1) is 11.8 Å². The van der Waals surface area contributed by atoms with Crippen molar-refractivity contribution in [2.45, 2.75) is 209 Å². The quantitative estimate of drug-likeness (QED) is 0.156. The lowest BCUT2D eigenvalue weighted by Gasteiger charge is -2.63. The third-order valence-electron chi connectivity index (χ3n) is 9.46. The first-order chi connectivity index (χ1) is 16.8. The Morgan fingerprint density at radius 1 is 0.324 bits per heavy atom. The number of rotatable bonds is 18. The molecule has 0 aliphatic rings. The Balaban J connectivity index is 6.12. The summed E-state index contributed by atoms with van der Waals surface area (Å²) in [6.07, 6.45) is 22.2. The van der Waals surface area contributed by atoms with Crippen molar-refractivity contribution in [3.05, 3.63) is 0 Å². The molecule has 37 heavy (non-hydrogen) atoms. The summed E-state index contributed by atoms with van der Waals surface area (Å²) in [6.45, 7) is 35.3. The molecule has 0 unspecified atom stereocenters. The maximum Gasteiger partial charge on any atom is 0.0262 e. The van der Waals surface area contributed by atoms with Crippen LogP contribution in [0.5, 0.6) is 0 Å². The van der Waals surface area contributed by atoms with E-state index in [2.05, 4.69) is 109 Å². The van der Waals surface area contributed by atoms with Crippen molar-refractivity contribution in [3.63, 3.8) is 0 Å². The number of unbranched alkanes of at least 4 members (excludes halogenated alkanes) is 12. The molecule has 0 aliphatic carbocycles. The maximum atomic E-state index is 2.55. The first kappa shape index (κ1) is 37.4. The van der Waals surface area contributed by atoms with E-state index in [-0.39, 0.29) is 31.2 Å². The van der Waals surface area contributed by atoms with Crippen LogP contribution in [0.25, 0.3) is 0 Å². The SMILES string of the molecule is CCCCCCCCCC(SC(CCCCCCCCC)(C(C)(C)C)C(C)(C)C)(C(C)(C)C)C(C)(C)C. The molecule has 0 saturated carbocycles. The van der Waals surface area contributed by atoms with Gasteiger partial charge in [0, 0.05) is 9.49 Å². The third-order valence-corrected chi connectivity index (χ3v) is 13.0. The third kappa shape index (κ3) is 11.0. The fourth-order valence-electron chi connectivity index (χ4n) is 7.42. The molecule has 0 aromatic heterocycles. The topological polar surface area (TPSA) is 0 Å². The molecule has 1 heteroatoms. The molecule has 224 valence electrons. The van der Waals surface area contributed by atoms with Crippen LogP contribution in [0.4, 0.5) is 0 Å². The van der Waals surface area contributed by atoms with Crippen molar-refractivity contribution in [1.29, 1.82) is 0 Å². The average Bonchev–Trinajstić information content (AvgIpc) is 2.72. The predicted molar refractivity (Wildman–Crippen MR) is 176 cm³/mol. The summed E-state index contributed by atoms with van der Waals surface area (Å²) in [6, 6.07) is 0. The second kappa shape index (κ2) is 16.0. The van der Waals surface area contributed by atoms with Crippen LogP contribution < -0.4 is 0 Å². The lowest BCUT2D eigenvalue weighted by atomic mass is 9.62. The summed E-state index contributed by atoms with van der Waals surface area (Å²) in [7, 11) is 0. The summed E-state index contributed by atoms with van der Waals surface area (Å²) in [4.78, 5) is 0. The van der Waals surface area contributed by atoms with E-state index in [9.17, 15) is 0 Å². The summed E-state index contributed by atoms with van der Waals surface area (Å²) >= 11 is 2.46. The fraction of sp³-hybridized carbons (Fsp3) is 1.00. The number of hydrogen-bond acceptors (Lipinski definition) is 1. The highest BCUT2D eigenvalue weighted by Gasteiger charge is 2.60. The predicted octanol–water partition coefficient (Wildman–Crippen LogP) is 13.7. The van der Waals surface area contributed by atoms with Crippen molar-refractivity contribution in [2.75, 3.05) is 0 Å². The van der Waals surface area contributed by atoms with E-state index >= 15 is 0 Å². The molecule has 0 saturated heterocycles. The summed E-state index contributed by atoms with van der Waals surface area (Å²) in [5.41, 5.74) is 0.945. The molecular formula is C36H74S. The van der Waals surface area contributed by atoms with E-state index in [4.69, 9.17) is 0 Å². The Labute approximate surface area is 242 Å². The van der Waals surface area contributed by atoms with Crippen molar-refractivity contribution < 1.29 is 0 Å². The maximum absolute atomic E-state index is 2.55. The van der Waals surface area contributed by atoms with Crippen molar-refractivity contribution in [1.82, 2.24) is 0 Å². The highest BCUT2D eigenvalue weighted by Crippen LogP contribution is 2.67. The molecule has 0 aliphatic heterocycles. The van der Waals surface area contributed by atoms with Gasteiger partial charge >= 0.3 is 0 Å². The van der Waals surface area contributed by atoms with Crippen molar-refractivity contribution in [3.8, 4) is 0 Å². The van der Waals surface area contributed by atoms with E-state index in [0.29, 0.717) is 0 Å². The van der Waals surface area contributed by atoms with E-state index in [1.54, 1.807) is 0 Å². The van der Waals surface area contributed by atoms with E-state index in [1.807, 2.05) is 0 Å². The van der Waals surface area contributed by atoms with Gasteiger partial charge in [-0.05, 0) is 34.5 Å². The lowest BCUT2D eigenvalue weighted by Crippen LogP contribution is -2.59. The van der Waals surface area contributed by atoms with Crippen molar-refractivity contribution in [2.24, 2.45) is 21.7 Å². The monoisotopic (exact) mass is 539 g/mol. The molecule has 0 heterocycles. The number of hydrogen-bond donors (Lipinski definition) is 0. The molecule has 0 aromatic carbocycles. The number of thioether (sulfide) groups is 1. The lowest BCUT2D eigenvalue weighted by molar-refractivity contribution is 0.0981. The molecule has 0 rings (SSSR count). The minimum Gasteiger partial charge on any atom is -0.146 e. The Hall–Kier alpha value is 0.350. The van der Waals surface area contributed by atoms with E-state index < -0.39 is 0 Å². The molecule has 0 bridgehead atoms. The zero-order valence-corrected chi connectivity index (χ0v) is 29.5. The van der Waals surface area contributed by atoms with Gasteiger partial charge in [0.1, 0.15) is 0 Å². The molecular weight excluding hydrogens is 464 g/mol. The molecule has 0 radical (unpaired) electrons. The van der Waals surface area contributed by atoms with Crippen LogP contribution in [-0.4, -0.2) is 9.49 Å². The summed E-state index contributed by atoms with van der Waals surface area (Å²) in [5.74, 6) is 0. The van der Waals surface area contributed by atoms with Gasteiger partial charge in [0.2, 0.25) is 0 Å². The molecule has 0 atom stereocenters. The van der Waals surface area contributed by atoms with Gasteiger partial charge in [-0.2, -0.15) is 0 Å². The van der Waals surface area contributed by atoms with Crippen LogP contribution in [0, 0.1) is 21.7 Å². The first-order valence-corrected chi connectivity index (χ1v) is 17.3. The Morgan fingerprint density at radius 2 is 0.541 bits per heavy atom. The smallest absolute Gasteiger partial charge is 0.0262 e. The van der Waals surface area contributed by atoms with Gasteiger partial charge < -0.3 is 0 Å². The Bertz CT molecular complexity index is 492. The van der Waals surface area contributed by atoms with Gasteiger partial charge in [0.15, 0.2) is 0 Å². The zero-order chi connectivity index (χ0) is 29.0. The molecule has 0 fully saturated rings. The highest BCUT2D eigenvalue weighted by atomic mass is 32.2. The molecule has 0 N–H and O–H groups in total. The largest absolute Gasteiger partial charge is 0.146 e. The summed E-state index contributed by atoms with van der Waals surface area (Å²) in [5, 5.41) is 0. The van der Waals surface area contributed by atoms with Crippen LogP contribution in [0.15, 0.2) is 0 Å². The first-order valence-electron chi connectivity index (χ1n) is 16.5. The molecule has 0 nitrogen and oxygen atoms in total. The van der Waals surface area contributed by atoms with Gasteiger partial charge in [-0.3, -0.25) is 0 Å². The van der Waals surface area contributed by atoms with Gasteiger partial charge in [-0.1, -0.05) is 187 Å². The molecule has 0 amide bonds.